The van der Waals surface area contributed by atoms with Crippen molar-refractivity contribution < 1.29 is 4.42 Å². The Kier molecular flexibility index (Phi) is 1.84. The average Bonchev–Trinajstić information content (AvgIpc) is 2.74. The quantitative estimate of drug-likeness (QED) is 0.682. The minimum absolute atomic E-state index is 0.259. The van der Waals surface area contributed by atoms with Gasteiger partial charge in [0.1, 0.15) is 11.8 Å². The lowest BCUT2D eigenvalue weighted by Crippen LogP contribution is -2.12. The van der Waals surface area contributed by atoms with Gasteiger partial charge < -0.3 is 9.73 Å². The van der Waals surface area contributed by atoms with Crippen LogP contribution < -0.4 is 5.32 Å². The summed E-state index contributed by atoms with van der Waals surface area (Å²) in [6, 6.07) is 4.10. The van der Waals surface area contributed by atoms with E-state index in [0.29, 0.717) is 5.56 Å². The Balaban J connectivity index is 2.27. The molecule has 1 aromatic heterocycles. The van der Waals surface area contributed by atoms with E-state index in [1.165, 1.54) is 0 Å². The zero-order valence-electron chi connectivity index (χ0n) is 6.71. The number of nitrogens with one attached hydrogen (secondary N) is 1. The molecule has 0 aliphatic carbocycles. The van der Waals surface area contributed by atoms with Crippen LogP contribution in [0.25, 0.3) is 0 Å². The Hall–Kier alpha value is -1.27. The summed E-state index contributed by atoms with van der Waals surface area (Å²) in [6.45, 7) is 1.02. The normalized spacial score (nSPS) is 22.4. The third-order valence-electron chi connectivity index (χ3n) is 2.19. The summed E-state index contributed by atoms with van der Waals surface area (Å²) in [7, 11) is 0. The fraction of sp³-hybridized carbons (Fsp3) is 0.444. The summed E-state index contributed by atoms with van der Waals surface area (Å²) < 4.78 is 5.25. The van der Waals surface area contributed by atoms with Crippen LogP contribution in [0.4, 0.5) is 0 Å². The highest BCUT2D eigenvalue weighted by Gasteiger charge is 2.21. The SMILES string of the molecule is N#Cc1ccoc1[C@H]1CCCN1. The van der Waals surface area contributed by atoms with E-state index in [1.807, 2.05) is 0 Å². The predicted molar refractivity (Wildman–Crippen MR) is 43.4 cm³/mol. The van der Waals surface area contributed by atoms with E-state index in [4.69, 9.17) is 9.68 Å². The first-order valence-electron chi connectivity index (χ1n) is 4.12. The molecule has 12 heavy (non-hydrogen) atoms. The summed E-state index contributed by atoms with van der Waals surface area (Å²) in [6.07, 6.45) is 3.81. The van der Waals surface area contributed by atoms with E-state index in [-0.39, 0.29) is 6.04 Å². The van der Waals surface area contributed by atoms with Crippen molar-refractivity contribution in [3.05, 3.63) is 23.7 Å². The lowest BCUT2D eigenvalue weighted by atomic mass is 10.1. The van der Waals surface area contributed by atoms with Crippen molar-refractivity contribution in [3.8, 4) is 6.07 Å². The summed E-state index contributed by atoms with van der Waals surface area (Å²) in [4.78, 5) is 0. The van der Waals surface area contributed by atoms with Gasteiger partial charge >= 0.3 is 0 Å². The molecule has 2 heterocycles. The van der Waals surface area contributed by atoms with Crippen LogP contribution >= 0.6 is 0 Å². The molecule has 0 aromatic carbocycles. The highest BCUT2D eigenvalue weighted by atomic mass is 16.3. The van der Waals surface area contributed by atoms with Gasteiger partial charge in [-0.15, -0.1) is 0 Å². The van der Waals surface area contributed by atoms with Gasteiger partial charge in [0, 0.05) is 0 Å². The number of hydrogen-bond donors (Lipinski definition) is 1. The van der Waals surface area contributed by atoms with Crippen molar-refractivity contribution in [2.24, 2.45) is 0 Å². The van der Waals surface area contributed by atoms with Crippen LogP contribution in [0.1, 0.15) is 30.2 Å². The van der Waals surface area contributed by atoms with Gasteiger partial charge in [-0.3, -0.25) is 0 Å². The summed E-state index contributed by atoms with van der Waals surface area (Å²) in [5.41, 5.74) is 0.661. The molecule has 0 radical (unpaired) electrons. The molecular weight excluding hydrogens is 152 g/mol. The molecule has 3 heteroatoms. The zero-order valence-corrected chi connectivity index (χ0v) is 6.71. The lowest BCUT2D eigenvalue weighted by molar-refractivity contribution is 0.444. The largest absolute Gasteiger partial charge is 0.466 e. The Morgan fingerprint density at radius 3 is 3.25 bits per heavy atom. The van der Waals surface area contributed by atoms with Gasteiger partial charge in [-0.25, -0.2) is 0 Å². The molecule has 0 unspecified atom stereocenters. The molecule has 1 saturated heterocycles. The standard InChI is InChI=1S/C9H10N2O/c10-6-7-3-5-12-9(7)8-2-1-4-11-8/h3,5,8,11H,1-2,4H2/t8-/m1/s1. The Bertz CT molecular complexity index is 305. The van der Waals surface area contributed by atoms with Crippen molar-refractivity contribution in [3.63, 3.8) is 0 Å². The van der Waals surface area contributed by atoms with Crippen LogP contribution in [0.2, 0.25) is 0 Å². The van der Waals surface area contributed by atoms with Crippen LogP contribution in [-0.4, -0.2) is 6.54 Å². The van der Waals surface area contributed by atoms with E-state index in [9.17, 15) is 0 Å². The Labute approximate surface area is 71.0 Å². The van der Waals surface area contributed by atoms with E-state index >= 15 is 0 Å². The molecule has 0 saturated carbocycles. The van der Waals surface area contributed by atoms with E-state index in [2.05, 4.69) is 11.4 Å². The monoisotopic (exact) mass is 162 g/mol. The highest BCUT2D eigenvalue weighted by molar-refractivity contribution is 5.33. The van der Waals surface area contributed by atoms with Crippen molar-refractivity contribution in [2.75, 3.05) is 6.54 Å². The number of nitrogens with zero attached hydrogens (tertiary/aromatic N) is 1. The number of nitriles is 1. The fourth-order valence-electron chi connectivity index (χ4n) is 1.59. The van der Waals surface area contributed by atoms with E-state index in [0.717, 1.165) is 25.1 Å². The molecule has 0 bridgehead atoms. The van der Waals surface area contributed by atoms with E-state index < -0.39 is 0 Å². The third-order valence-corrected chi connectivity index (χ3v) is 2.19. The first-order valence-corrected chi connectivity index (χ1v) is 4.12. The fourth-order valence-corrected chi connectivity index (χ4v) is 1.59. The first kappa shape index (κ1) is 7.38. The van der Waals surface area contributed by atoms with Crippen molar-refractivity contribution >= 4 is 0 Å². The molecule has 3 nitrogen and oxygen atoms in total. The highest BCUT2D eigenvalue weighted by Crippen LogP contribution is 2.26. The van der Waals surface area contributed by atoms with Gasteiger partial charge in [0.25, 0.3) is 0 Å². The molecule has 1 atom stereocenters. The topological polar surface area (TPSA) is 49.0 Å². The first-order chi connectivity index (χ1) is 5.92. The van der Waals surface area contributed by atoms with Crippen LogP contribution in [-0.2, 0) is 0 Å². The number of furan rings is 1. The van der Waals surface area contributed by atoms with Crippen LogP contribution in [0.15, 0.2) is 16.7 Å². The molecule has 1 aliphatic rings. The second-order valence-corrected chi connectivity index (χ2v) is 2.96. The Morgan fingerprint density at radius 2 is 2.58 bits per heavy atom. The maximum Gasteiger partial charge on any atom is 0.138 e. The predicted octanol–water partition coefficient (Wildman–Crippen LogP) is 1.58. The Morgan fingerprint density at radius 1 is 1.67 bits per heavy atom. The second kappa shape index (κ2) is 3.00. The van der Waals surface area contributed by atoms with E-state index in [1.54, 1.807) is 12.3 Å². The molecule has 1 aliphatic heterocycles. The maximum absolute atomic E-state index is 8.73. The summed E-state index contributed by atoms with van der Waals surface area (Å²) >= 11 is 0. The van der Waals surface area contributed by atoms with Gasteiger partial charge in [0.2, 0.25) is 0 Å². The van der Waals surface area contributed by atoms with Gasteiger partial charge in [0.05, 0.1) is 17.9 Å². The van der Waals surface area contributed by atoms with Gasteiger partial charge in [0.15, 0.2) is 0 Å². The summed E-state index contributed by atoms with van der Waals surface area (Å²) in [5.74, 6) is 0.801. The van der Waals surface area contributed by atoms with Crippen molar-refractivity contribution in [2.45, 2.75) is 18.9 Å². The molecule has 0 amide bonds. The van der Waals surface area contributed by atoms with Crippen molar-refractivity contribution in [1.82, 2.24) is 5.32 Å². The molecule has 0 spiro atoms. The molecule has 1 N–H and O–H groups in total. The summed E-state index contributed by atoms with van der Waals surface area (Å²) in [5, 5.41) is 12.0. The molecule has 1 fully saturated rings. The number of rotatable bonds is 1. The minimum atomic E-state index is 0.259. The third kappa shape index (κ3) is 1.10. The van der Waals surface area contributed by atoms with Gasteiger partial charge in [-0.2, -0.15) is 5.26 Å². The van der Waals surface area contributed by atoms with Crippen LogP contribution in [0, 0.1) is 11.3 Å². The van der Waals surface area contributed by atoms with Gasteiger partial charge in [-0.05, 0) is 25.5 Å². The molecule has 2 rings (SSSR count). The molecule has 62 valence electrons. The smallest absolute Gasteiger partial charge is 0.138 e. The molecule has 1 aromatic rings. The minimum Gasteiger partial charge on any atom is -0.466 e. The van der Waals surface area contributed by atoms with Gasteiger partial charge in [-0.1, -0.05) is 0 Å². The number of hydrogen-bond acceptors (Lipinski definition) is 3. The zero-order chi connectivity index (χ0) is 8.39. The van der Waals surface area contributed by atoms with Crippen LogP contribution in [0.3, 0.4) is 0 Å². The van der Waals surface area contributed by atoms with Crippen molar-refractivity contribution in [1.29, 1.82) is 5.26 Å². The molecular formula is C9H10N2O. The van der Waals surface area contributed by atoms with Crippen LogP contribution in [0.5, 0.6) is 0 Å². The maximum atomic E-state index is 8.73. The lowest BCUT2D eigenvalue weighted by Gasteiger charge is -2.05. The second-order valence-electron chi connectivity index (χ2n) is 2.96. The average molecular weight is 162 g/mol.